The van der Waals surface area contributed by atoms with Crippen LogP contribution in [0.5, 0.6) is 0 Å². The van der Waals surface area contributed by atoms with Crippen LogP contribution in [0, 0.1) is 12.8 Å². The van der Waals surface area contributed by atoms with Crippen LogP contribution in [0.3, 0.4) is 0 Å². The Labute approximate surface area is 209 Å². The van der Waals surface area contributed by atoms with Crippen LogP contribution in [-0.2, 0) is 17.6 Å². The van der Waals surface area contributed by atoms with Crippen molar-refractivity contribution >= 4 is 11.7 Å². The van der Waals surface area contributed by atoms with Crippen molar-refractivity contribution in [2.24, 2.45) is 5.92 Å². The normalized spacial score (nSPS) is 19.1. The number of carbonyl (C=O) groups is 1. The second-order valence-corrected chi connectivity index (χ2v) is 10.1. The van der Waals surface area contributed by atoms with Gasteiger partial charge in [0, 0.05) is 11.8 Å². The molecule has 3 atom stereocenters. The molecule has 1 N–H and O–H groups in total. The number of hydrogen-bond acceptors (Lipinski definition) is 5. The van der Waals surface area contributed by atoms with E-state index in [1.165, 1.54) is 12.8 Å². The summed E-state index contributed by atoms with van der Waals surface area (Å²) in [6, 6.07) is 16.2. The Hall–Kier alpha value is -3.15. The van der Waals surface area contributed by atoms with Gasteiger partial charge in [0.05, 0.1) is 23.5 Å². The molecule has 35 heavy (non-hydrogen) atoms. The number of rotatable bonds is 8. The molecule has 3 aromatic rings. The van der Waals surface area contributed by atoms with Crippen molar-refractivity contribution < 1.29 is 4.79 Å². The average molecular weight is 472 g/mol. The minimum Gasteiger partial charge on any atom is -0.309 e. The highest BCUT2D eigenvalue weighted by atomic mass is 16.1. The van der Waals surface area contributed by atoms with E-state index in [-0.39, 0.29) is 5.91 Å². The number of hydrogen-bond donors (Lipinski definition) is 1. The Morgan fingerprint density at radius 1 is 0.971 bits per heavy atom. The van der Waals surface area contributed by atoms with Gasteiger partial charge in [-0.3, -0.25) is 4.79 Å². The second kappa shape index (κ2) is 12.0. The summed E-state index contributed by atoms with van der Waals surface area (Å²) in [7, 11) is 0. The van der Waals surface area contributed by atoms with Crippen LogP contribution in [-0.4, -0.2) is 26.3 Å². The van der Waals surface area contributed by atoms with Gasteiger partial charge >= 0.3 is 0 Å². The molecule has 4 rings (SSSR count). The molecule has 184 valence electrons. The Balaban J connectivity index is 1.37. The van der Waals surface area contributed by atoms with Gasteiger partial charge in [0.1, 0.15) is 0 Å². The van der Waals surface area contributed by atoms with E-state index >= 15 is 0 Å². The van der Waals surface area contributed by atoms with E-state index in [0.29, 0.717) is 30.0 Å². The van der Waals surface area contributed by atoms with Crippen molar-refractivity contribution in [1.29, 1.82) is 0 Å². The molecule has 0 spiro atoms. The molecule has 6 heteroatoms. The third kappa shape index (κ3) is 7.17. The van der Waals surface area contributed by atoms with Gasteiger partial charge in [0.2, 0.25) is 5.91 Å². The smallest absolute Gasteiger partial charge is 0.229 e. The zero-order valence-electron chi connectivity index (χ0n) is 21.2. The van der Waals surface area contributed by atoms with Gasteiger partial charge in [-0.15, -0.1) is 5.10 Å². The van der Waals surface area contributed by atoms with Crippen LogP contribution in [0.4, 0.5) is 5.82 Å². The molecule has 0 aliphatic heterocycles. The second-order valence-electron chi connectivity index (χ2n) is 10.1. The van der Waals surface area contributed by atoms with E-state index in [2.05, 4.69) is 51.7 Å². The first-order valence-electron chi connectivity index (χ1n) is 13.0. The zero-order valence-corrected chi connectivity index (χ0v) is 21.2. The highest BCUT2D eigenvalue weighted by Gasteiger charge is 2.25. The van der Waals surface area contributed by atoms with Crippen molar-refractivity contribution in [3.05, 3.63) is 76.7 Å². The molecule has 2 heterocycles. The molecule has 6 nitrogen and oxygen atoms in total. The number of anilines is 1. The van der Waals surface area contributed by atoms with Gasteiger partial charge in [-0.25, -0.2) is 0 Å². The molecule has 1 aromatic carbocycles. The first kappa shape index (κ1) is 25.0. The van der Waals surface area contributed by atoms with E-state index in [0.717, 1.165) is 60.3 Å². The molecular formula is C29H37N5O. The molecule has 2 unspecified atom stereocenters. The molecule has 1 amide bonds. The Morgan fingerprint density at radius 2 is 1.69 bits per heavy atom. The molecule has 2 aromatic heterocycles. The van der Waals surface area contributed by atoms with Crippen molar-refractivity contribution in [2.45, 2.75) is 84.0 Å². The SMILES string of the molecule is CC[C@H](C)Cc1ccc(C2CCCCC(c3ccc(NC(=O)Cc4cccc(C)c4)nn3)C2)nn1. The van der Waals surface area contributed by atoms with Crippen LogP contribution in [0.1, 0.15) is 92.4 Å². The fourth-order valence-electron chi connectivity index (χ4n) is 4.92. The molecule has 1 fully saturated rings. The van der Waals surface area contributed by atoms with Crippen LogP contribution >= 0.6 is 0 Å². The van der Waals surface area contributed by atoms with Gasteiger partial charge in [-0.05, 0) is 68.4 Å². The molecule has 0 saturated heterocycles. The van der Waals surface area contributed by atoms with Gasteiger partial charge < -0.3 is 5.32 Å². The summed E-state index contributed by atoms with van der Waals surface area (Å²) in [6.07, 6.45) is 8.08. The lowest BCUT2D eigenvalue weighted by atomic mass is 9.88. The molecule has 0 bridgehead atoms. The highest BCUT2D eigenvalue weighted by Crippen LogP contribution is 2.38. The number of nitrogens with zero attached hydrogens (tertiary/aromatic N) is 4. The number of nitrogens with one attached hydrogen (secondary N) is 1. The molecular weight excluding hydrogens is 434 g/mol. The largest absolute Gasteiger partial charge is 0.309 e. The summed E-state index contributed by atoms with van der Waals surface area (Å²) < 4.78 is 0. The zero-order chi connectivity index (χ0) is 24.6. The lowest BCUT2D eigenvalue weighted by molar-refractivity contribution is -0.115. The fourth-order valence-corrected chi connectivity index (χ4v) is 4.92. The number of aromatic nitrogens is 4. The predicted molar refractivity (Wildman–Crippen MR) is 139 cm³/mol. The van der Waals surface area contributed by atoms with E-state index in [1.54, 1.807) is 0 Å². The summed E-state index contributed by atoms with van der Waals surface area (Å²) in [4.78, 5) is 12.4. The number of carbonyl (C=O) groups excluding carboxylic acids is 1. The summed E-state index contributed by atoms with van der Waals surface area (Å²) in [5, 5.41) is 20.8. The first-order chi connectivity index (χ1) is 17.0. The van der Waals surface area contributed by atoms with Gasteiger partial charge in [0.25, 0.3) is 0 Å². The Morgan fingerprint density at radius 3 is 2.29 bits per heavy atom. The average Bonchev–Trinajstić information content (AvgIpc) is 3.11. The fraction of sp³-hybridized carbons (Fsp3) is 0.483. The van der Waals surface area contributed by atoms with Crippen LogP contribution < -0.4 is 5.32 Å². The van der Waals surface area contributed by atoms with E-state index < -0.39 is 0 Å². The van der Waals surface area contributed by atoms with Crippen molar-refractivity contribution in [2.75, 3.05) is 5.32 Å². The summed E-state index contributed by atoms with van der Waals surface area (Å²) >= 11 is 0. The van der Waals surface area contributed by atoms with Crippen molar-refractivity contribution in [3.63, 3.8) is 0 Å². The summed E-state index contributed by atoms with van der Waals surface area (Å²) in [5.74, 6) is 1.78. The van der Waals surface area contributed by atoms with Crippen molar-refractivity contribution in [3.8, 4) is 0 Å². The number of amides is 1. The molecule has 1 saturated carbocycles. The summed E-state index contributed by atoms with van der Waals surface area (Å²) in [6.45, 7) is 6.50. The Kier molecular flexibility index (Phi) is 8.56. The minimum absolute atomic E-state index is 0.0810. The first-order valence-corrected chi connectivity index (χ1v) is 13.0. The van der Waals surface area contributed by atoms with E-state index in [1.807, 2.05) is 43.3 Å². The molecule has 1 aliphatic carbocycles. The lowest BCUT2D eigenvalue weighted by Crippen LogP contribution is -2.16. The predicted octanol–water partition coefficient (Wildman–Crippen LogP) is 6.18. The van der Waals surface area contributed by atoms with Crippen LogP contribution in [0.25, 0.3) is 0 Å². The quantitative estimate of drug-likeness (QED) is 0.397. The van der Waals surface area contributed by atoms with Gasteiger partial charge in [-0.2, -0.15) is 15.3 Å². The monoisotopic (exact) mass is 471 g/mol. The third-order valence-corrected chi connectivity index (χ3v) is 7.16. The maximum Gasteiger partial charge on any atom is 0.229 e. The van der Waals surface area contributed by atoms with E-state index in [4.69, 9.17) is 0 Å². The number of aryl methyl sites for hydroxylation is 1. The summed E-state index contributed by atoms with van der Waals surface area (Å²) in [5.41, 5.74) is 5.31. The van der Waals surface area contributed by atoms with Crippen LogP contribution in [0.15, 0.2) is 48.5 Å². The number of benzene rings is 1. The van der Waals surface area contributed by atoms with Crippen molar-refractivity contribution in [1.82, 2.24) is 20.4 Å². The topological polar surface area (TPSA) is 80.7 Å². The maximum atomic E-state index is 12.4. The minimum atomic E-state index is -0.0810. The maximum absolute atomic E-state index is 12.4. The molecule has 0 radical (unpaired) electrons. The Bertz CT molecular complexity index is 1100. The third-order valence-electron chi connectivity index (χ3n) is 7.16. The van der Waals surface area contributed by atoms with E-state index in [9.17, 15) is 4.79 Å². The van der Waals surface area contributed by atoms with Gasteiger partial charge in [0.15, 0.2) is 5.82 Å². The van der Waals surface area contributed by atoms with Crippen LogP contribution in [0.2, 0.25) is 0 Å². The highest BCUT2D eigenvalue weighted by molar-refractivity contribution is 5.91. The standard InChI is InChI=1S/C29H37N5O/c1-4-20(2)17-25-12-13-26(32-31-25)23-10-5-6-11-24(19-23)27-14-15-28(34-33-27)30-29(35)18-22-9-7-8-21(3)16-22/h7-9,12-16,20,23-24H,4-6,10-11,17-19H2,1-3H3,(H,30,34,35)/t20-,23?,24?/m0/s1. The molecule has 1 aliphatic rings. The lowest BCUT2D eigenvalue weighted by Gasteiger charge is -2.19. The van der Waals surface area contributed by atoms with Gasteiger partial charge in [-0.1, -0.05) is 62.9 Å².